The van der Waals surface area contributed by atoms with Gasteiger partial charge in [-0.05, 0) is 11.6 Å². The molecule has 0 unspecified atom stereocenters. The molecule has 3 nitrogen and oxygen atoms in total. The summed E-state index contributed by atoms with van der Waals surface area (Å²) < 4.78 is 0.572. The molecule has 0 bridgehead atoms. The van der Waals surface area contributed by atoms with Crippen LogP contribution in [0.1, 0.15) is 11.3 Å². The topological polar surface area (TPSA) is 50.7 Å². The second-order valence-electron chi connectivity index (χ2n) is 2.11. The predicted octanol–water partition coefficient (Wildman–Crippen LogP) is 1.15. The molecule has 0 amide bonds. The molecule has 11 heavy (non-hydrogen) atoms. The molecule has 1 aromatic rings. The van der Waals surface area contributed by atoms with Gasteiger partial charge in [-0.15, -0.1) is 0 Å². The molecule has 0 fully saturated rings. The number of hydrogen-bond acceptors (Lipinski definition) is 2. The standard InChI is InChI=1S/C7H5ClN2O/c1-5-2-6(4-9)3-7(8)10(5)11/h2-3H,1H3. The van der Waals surface area contributed by atoms with Gasteiger partial charge in [0.1, 0.15) is 0 Å². The molecular weight excluding hydrogens is 164 g/mol. The Labute approximate surface area is 69.0 Å². The van der Waals surface area contributed by atoms with E-state index in [1.807, 2.05) is 6.07 Å². The van der Waals surface area contributed by atoms with Crippen LogP contribution in [-0.2, 0) is 0 Å². The highest BCUT2D eigenvalue weighted by atomic mass is 35.5. The van der Waals surface area contributed by atoms with Gasteiger partial charge in [-0.3, -0.25) is 0 Å². The third-order valence-electron chi connectivity index (χ3n) is 1.28. The van der Waals surface area contributed by atoms with Gasteiger partial charge in [-0.2, -0.15) is 9.99 Å². The van der Waals surface area contributed by atoms with Crippen molar-refractivity contribution >= 4 is 11.6 Å². The fourth-order valence-electron chi connectivity index (χ4n) is 0.745. The maximum Gasteiger partial charge on any atom is 0.287 e. The summed E-state index contributed by atoms with van der Waals surface area (Å²) in [5.41, 5.74) is 0.827. The van der Waals surface area contributed by atoms with E-state index < -0.39 is 0 Å². The smallest absolute Gasteiger partial charge is 0.287 e. The Bertz CT molecular complexity index is 307. The van der Waals surface area contributed by atoms with Gasteiger partial charge in [-0.25, -0.2) is 0 Å². The highest BCUT2D eigenvalue weighted by Gasteiger charge is 2.06. The Hall–Kier alpha value is -1.27. The SMILES string of the molecule is Cc1cc(C#N)cc(Cl)[n+]1[O-]. The van der Waals surface area contributed by atoms with Crippen LogP contribution < -0.4 is 4.73 Å². The number of aryl methyl sites for hydroxylation is 1. The molecule has 0 saturated heterocycles. The molecule has 0 spiro atoms. The van der Waals surface area contributed by atoms with Crippen LogP contribution in [0.3, 0.4) is 0 Å². The Morgan fingerprint density at radius 2 is 2.27 bits per heavy atom. The van der Waals surface area contributed by atoms with Crippen molar-refractivity contribution in [3.8, 4) is 6.07 Å². The average molecular weight is 169 g/mol. The van der Waals surface area contributed by atoms with Crippen molar-refractivity contribution in [2.45, 2.75) is 6.92 Å². The first kappa shape index (κ1) is 7.83. The van der Waals surface area contributed by atoms with Gasteiger partial charge in [0, 0.05) is 19.1 Å². The maximum absolute atomic E-state index is 10.9. The molecule has 1 heterocycles. The molecule has 56 valence electrons. The van der Waals surface area contributed by atoms with Gasteiger partial charge in [0.05, 0.1) is 11.6 Å². The molecule has 1 rings (SSSR count). The van der Waals surface area contributed by atoms with Crippen molar-refractivity contribution in [2.24, 2.45) is 0 Å². The highest BCUT2D eigenvalue weighted by Crippen LogP contribution is 2.06. The fraction of sp³-hybridized carbons (Fsp3) is 0.143. The van der Waals surface area contributed by atoms with Crippen LogP contribution in [-0.4, -0.2) is 0 Å². The predicted molar refractivity (Wildman–Crippen MR) is 39.9 cm³/mol. The molecule has 0 aromatic carbocycles. The average Bonchev–Trinajstić information content (AvgIpc) is 1.99. The monoisotopic (exact) mass is 168 g/mol. The van der Waals surface area contributed by atoms with Gasteiger partial charge >= 0.3 is 0 Å². The lowest BCUT2D eigenvalue weighted by atomic mass is 10.2. The van der Waals surface area contributed by atoms with Crippen molar-refractivity contribution < 1.29 is 4.73 Å². The Kier molecular flexibility index (Phi) is 1.97. The third-order valence-corrected chi connectivity index (χ3v) is 1.55. The number of rotatable bonds is 0. The summed E-state index contributed by atoms with van der Waals surface area (Å²) in [5.74, 6) is 0. The van der Waals surface area contributed by atoms with E-state index >= 15 is 0 Å². The minimum Gasteiger partial charge on any atom is -0.617 e. The van der Waals surface area contributed by atoms with Crippen LogP contribution in [0, 0.1) is 23.5 Å². The molecular formula is C7H5ClN2O. The Balaban J connectivity index is 3.35. The van der Waals surface area contributed by atoms with Gasteiger partial charge in [0.25, 0.3) is 5.15 Å². The molecule has 0 aliphatic rings. The zero-order chi connectivity index (χ0) is 8.43. The molecule has 0 aliphatic heterocycles. The van der Waals surface area contributed by atoms with E-state index in [4.69, 9.17) is 16.9 Å². The number of hydrogen-bond donors (Lipinski definition) is 0. The molecule has 0 saturated carbocycles. The first-order valence-corrected chi connectivity index (χ1v) is 3.33. The first-order valence-electron chi connectivity index (χ1n) is 2.95. The lowest BCUT2D eigenvalue weighted by molar-refractivity contribution is -0.610. The van der Waals surface area contributed by atoms with Crippen molar-refractivity contribution in [3.05, 3.63) is 33.8 Å². The lowest BCUT2D eigenvalue weighted by Crippen LogP contribution is -2.31. The van der Waals surface area contributed by atoms with E-state index in [1.54, 1.807) is 6.92 Å². The van der Waals surface area contributed by atoms with Crippen LogP contribution in [0.2, 0.25) is 5.15 Å². The zero-order valence-electron chi connectivity index (χ0n) is 5.84. The van der Waals surface area contributed by atoms with Crippen molar-refractivity contribution in [1.29, 1.82) is 5.26 Å². The number of nitrogens with zero attached hydrogens (tertiary/aromatic N) is 2. The minimum atomic E-state index is 0.0292. The van der Waals surface area contributed by atoms with Gasteiger partial charge < -0.3 is 5.21 Å². The van der Waals surface area contributed by atoms with E-state index in [-0.39, 0.29) is 5.15 Å². The summed E-state index contributed by atoms with van der Waals surface area (Å²) in [7, 11) is 0. The summed E-state index contributed by atoms with van der Waals surface area (Å²) in [6.45, 7) is 1.60. The summed E-state index contributed by atoms with van der Waals surface area (Å²) in [6.07, 6.45) is 0. The molecule has 0 radical (unpaired) electrons. The largest absolute Gasteiger partial charge is 0.617 e. The van der Waals surface area contributed by atoms with Crippen LogP contribution in [0.5, 0.6) is 0 Å². The normalized spacial score (nSPS) is 9.18. The Morgan fingerprint density at radius 1 is 1.64 bits per heavy atom. The number of aromatic nitrogens is 1. The molecule has 0 N–H and O–H groups in total. The van der Waals surface area contributed by atoms with Crippen molar-refractivity contribution in [2.75, 3.05) is 0 Å². The third kappa shape index (κ3) is 1.41. The highest BCUT2D eigenvalue weighted by molar-refractivity contribution is 6.28. The van der Waals surface area contributed by atoms with Gasteiger partial charge in [-0.1, -0.05) is 0 Å². The van der Waals surface area contributed by atoms with E-state index in [2.05, 4.69) is 0 Å². The van der Waals surface area contributed by atoms with Crippen molar-refractivity contribution in [3.63, 3.8) is 0 Å². The van der Waals surface area contributed by atoms with Gasteiger partial charge in [0.2, 0.25) is 0 Å². The zero-order valence-corrected chi connectivity index (χ0v) is 6.59. The minimum absolute atomic E-state index is 0.0292. The second-order valence-corrected chi connectivity index (χ2v) is 2.50. The molecule has 0 aliphatic carbocycles. The van der Waals surface area contributed by atoms with E-state index in [1.165, 1.54) is 12.1 Å². The van der Waals surface area contributed by atoms with Crippen LogP contribution in [0.15, 0.2) is 12.1 Å². The van der Waals surface area contributed by atoms with Crippen LogP contribution in [0.25, 0.3) is 0 Å². The summed E-state index contributed by atoms with van der Waals surface area (Å²) in [5, 5.41) is 19.4. The molecule has 1 aromatic heterocycles. The summed E-state index contributed by atoms with van der Waals surface area (Å²) >= 11 is 5.50. The Morgan fingerprint density at radius 3 is 2.73 bits per heavy atom. The van der Waals surface area contributed by atoms with Crippen LogP contribution >= 0.6 is 11.6 Å². The summed E-state index contributed by atoms with van der Waals surface area (Å²) in [6, 6.07) is 4.72. The summed E-state index contributed by atoms with van der Waals surface area (Å²) in [4.78, 5) is 0. The molecule has 0 atom stereocenters. The van der Waals surface area contributed by atoms with E-state index in [0.29, 0.717) is 16.0 Å². The first-order chi connectivity index (χ1) is 5.15. The fourth-order valence-corrected chi connectivity index (χ4v) is 0.996. The van der Waals surface area contributed by atoms with Gasteiger partial charge in [0.15, 0.2) is 5.69 Å². The molecule has 4 heteroatoms. The van der Waals surface area contributed by atoms with E-state index in [0.717, 1.165) is 0 Å². The van der Waals surface area contributed by atoms with Crippen molar-refractivity contribution in [1.82, 2.24) is 0 Å². The van der Waals surface area contributed by atoms with E-state index in [9.17, 15) is 5.21 Å². The number of nitriles is 1. The number of halogens is 1. The maximum atomic E-state index is 10.9. The number of pyridine rings is 1. The second kappa shape index (κ2) is 2.77. The quantitative estimate of drug-likeness (QED) is 0.332. The lowest BCUT2D eigenvalue weighted by Gasteiger charge is -2.01. The van der Waals surface area contributed by atoms with Crippen LogP contribution in [0.4, 0.5) is 0 Å².